The molecule has 1 saturated carbocycles. The Morgan fingerprint density at radius 3 is 2.22 bits per heavy atom. The van der Waals surface area contributed by atoms with Gasteiger partial charge in [0.25, 0.3) is 0 Å². The Morgan fingerprint density at radius 2 is 1.53 bits per heavy atom. The van der Waals surface area contributed by atoms with E-state index in [0.29, 0.717) is 36.3 Å². The summed E-state index contributed by atoms with van der Waals surface area (Å²) in [5, 5.41) is 0. The van der Waals surface area contributed by atoms with E-state index >= 15 is 0 Å². The first-order valence-corrected chi connectivity index (χ1v) is 12.7. The van der Waals surface area contributed by atoms with Crippen LogP contribution in [-0.2, 0) is 12.8 Å². The van der Waals surface area contributed by atoms with Crippen molar-refractivity contribution < 1.29 is 22.3 Å². The zero-order valence-electron chi connectivity index (χ0n) is 20.6. The number of benzene rings is 3. The molecule has 1 aliphatic carbocycles. The minimum atomic E-state index is -0.990. The summed E-state index contributed by atoms with van der Waals surface area (Å²) in [6.45, 7) is 6.00. The SMILES string of the molecule is C=CCCOc1ccc(CCc2ccc(-c3ccc(C4CCC(C)CC4)c(F)c3F)cc2)c(F)c1F. The largest absolute Gasteiger partial charge is 0.490 e. The van der Waals surface area contributed by atoms with Crippen LogP contribution < -0.4 is 4.74 Å². The van der Waals surface area contributed by atoms with Crippen LogP contribution in [0.25, 0.3) is 11.1 Å². The molecule has 1 aliphatic rings. The van der Waals surface area contributed by atoms with Gasteiger partial charge in [-0.1, -0.05) is 68.3 Å². The molecule has 3 aromatic carbocycles. The quantitative estimate of drug-likeness (QED) is 0.163. The molecule has 0 N–H and O–H groups in total. The molecule has 0 radical (unpaired) electrons. The fraction of sp³-hybridized carbons (Fsp3) is 0.355. The summed E-state index contributed by atoms with van der Waals surface area (Å²) in [7, 11) is 0. The molecule has 1 nitrogen and oxygen atoms in total. The number of halogens is 4. The Bertz CT molecular complexity index is 1190. The Labute approximate surface area is 210 Å². The Kier molecular flexibility index (Phi) is 8.50. The van der Waals surface area contributed by atoms with Crippen molar-refractivity contribution in [2.45, 2.75) is 57.8 Å². The first kappa shape index (κ1) is 26.0. The van der Waals surface area contributed by atoms with Crippen LogP contribution in [0, 0.1) is 29.2 Å². The molecule has 0 atom stereocenters. The molecular formula is C31H32F4O. The smallest absolute Gasteiger partial charge is 0.200 e. The molecule has 0 bridgehead atoms. The van der Waals surface area contributed by atoms with Gasteiger partial charge in [0.05, 0.1) is 6.61 Å². The fourth-order valence-electron chi connectivity index (χ4n) is 4.93. The molecule has 0 amide bonds. The van der Waals surface area contributed by atoms with Crippen molar-refractivity contribution in [3.8, 4) is 16.9 Å². The molecule has 5 heteroatoms. The molecule has 0 saturated heterocycles. The van der Waals surface area contributed by atoms with Crippen LogP contribution in [0.5, 0.6) is 5.75 Å². The summed E-state index contributed by atoms with van der Waals surface area (Å²) >= 11 is 0. The van der Waals surface area contributed by atoms with Crippen LogP contribution in [0.4, 0.5) is 17.6 Å². The van der Waals surface area contributed by atoms with Crippen molar-refractivity contribution in [1.29, 1.82) is 0 Å². The highest BCUT2D eigenvalue weighted by Gasteiger charge is 2.25. The molecule has 36 heavy (non-hydrogen) atoms. The van der Waals surface area contributed by atoms with Gasteiger partial charge in [0, 0.05) is 5.56 Å². The van der Waals surface area contributed by atoms with Crippen molar-refractivity contribution in [2.24, 2.45) is 5.92 Å². The van der Waals surface area contributed by atoms with Crippen LogP contribution in [0.15, 0.2) is 61.2 Å². The van der Waals surface area contributed by atoms with E-state index in [1.54, 1.807) is 30.3 Å². The van der Waals surface area contributed by atoms with Crippen molar-refractivity contribution in [1.82, 2.24) is 0 Å². The lowest BCUT2D eigenvalue weighted by molar-refractivity contribution is 0.301. The molecule has 190 valence electrons. The number of hydrogen-bond acceptors (Lipinski definition) is 1. The van der Waals surface area contributed by atoms with Crippen molar-refractivity contribution in [3.05, 3.63) is 101 Å². The lowest BCUT2D eigenvalue weighted by atomic mass is 9.79. The first-order chi connectivity index (χ1) is 17.4. The number of rotatable bonds is 9. The zero-order valence-corrected chi connectivity index (χ0v) is 20.6. The van der Waals surface area contributed by atoms with Crippen molar-refractivity contribution in [2.75, 3.05) is 6.61 Å². The van der Waals surface area contributed by atoms with Crippen molar-refractivity contribution in [3.63, 3.8) is 0 Å². The Morgan fingerprint density at radius 1 is 0.806 bits per heavy atom. The average molecular weight is 497 g/mol. The number of ether oxygens (including phenoxy) is 1. The summed E-state index contributed by atoms with van der Waals surface area (Å²) < 4.78 is 64.0. The van der Waals surface area contributed by atoms with Gasteiger partial charge in [0.1, 0.15) is 0 Å². The van der Waals surface area contributed by atoms with Gasteiger partial charge in [0.15, 0.2) is 23.2 Å². The normalized spacial score (nSPS) is 17.7. The predicted molar refractivity (Wildman–Crippen MR) is 136 cm³/mol. The summed E-state index contributed by atoms with van der Waals surface area (Å²) in [5.74, 6) is -2.85. The van der Waals surface area contributed by atoms with Gasteiger partial charge in [-0.15, -0.1) is 6.58 Å². The third kappa shape index (κ3) is 5.83. The molecule has 0 heterocycles. The summed E-state index contributed by atoms with van der Waals surface area (Å²) in [6.07, 6.45) is 6.82. The summed E-state index contributed by atoms with van der Waals surface area (Å²) in [4.78, 5) is 0. The van der Waals surface area contributed by atoms with Crippen LogP contribution in [0.1, 0.15) is 61.6 Å². The van der Waals surface area contributed by atoms with E-state index in [0.717, 1.165) is 31.2 Å². The van der Waals surface area contributed by atoms with Gasteiger partial charge >= 0.3 is 0 Å². The highest BCUT2D eigenvalue weighted by Crippen LogP contribution is 2.38. The fourth-order valence-corrected chi connectivity index (χ4v) is 4.93. The third-order valence-electron chi connectivity index (χ3n) is 7.22. The maximum absolute atomic E-state index is 15.0. The van der Waals surface area contributed by atoms with Gasteiger partial charge in [0.2, 0.25) is 5.82 Å². The maximum Gasteiger partial charge on any atom is 0.200 e. The molecule has 0 unspecified atom stereocenters. The van der Waals surface area contributed by atoms with E-state index in [2.05, 4.69) is 13.5 Å². The van der Waals surface area contributed by atoms with Gasteiger partial charge in [-0.05, 0) is 72.3 Å². The molecule has 1 fully saturated rings. The second-order valence-corrected chi connectivity index (χ2v) is 9.76. The van der Waals surface area contributed by atoms with Crippen molar-refractivity contribution >= 4 is 0 Å². The highest BCUT2D eigenvalue weighted by molar-refractivity contribution is 5.65. The number of aryl methyl sites for hydroxylation is 2. The van der Waals surface area contributed by atoms with E-state index in [-0.39, 0.29) is 29.4 Å². The third-order valence-corrected chi connectivity index (χ3v) is 7.22. The van der Waals surface area contributed by atoms with Gasteiger partial charge in [-0.2, -0.15) is 4.39 Å². The van der Waals surface area contributed by atoms with Crippen LogP contribution in [-0.4, -0.2) is 6.61 Å². The standard InChI is InChI=1S/C31H32F4O/c1-3-4-19-36-27-18-15-24(28(32)31(27)35)14-9-21-7-12-23(13-8-21)26-17-16-25(29(33)30(26)34)22-10-5-20(2)6-11-22/h3,7-8,12-13,15-18,20,22H,1,4-6,9-11,14,19H2,2H3. The minimum Gasteiger partial charge on any atom is -0.490 e. The summed E-state index contributed by atoms with van der Waals surface area (Å²) in [6, 6.07) is 13.5. The van der Waals surface area contributed by atoms with E-state index in [1.807, 2.05) is 12.1 Å². The topological polar surface area (TPSA) is 9.23 Å². The average Bonchev–Trinajstić information content (AvgIpc) is 2.89. The van der Waals surface area contributed by atoms with Gasteiger partial charge in [-0.25, -0.2) is 13.2 Å². The van der Waals surface area contributed by atoms with E-state index in [9.17, 15) is 17.6 Å². The molecular weight excluding hydrogens is 464 g/mol. The van der Waals surface area contributed by atoms with E-state index < -0.39 is 23.3 Å². The molecule has 0 spiro atoms. The van der Waals surface area contributed by atoms with E-state index in [4.69, 9.17) is 4.74 Å². The minimum absolute atomic E-state index is 0.0742. The second kappa shape index (κ2) is 11.8. The maximum atomic E-state index is 15.0. The van der Waals surface area contributed by atoms with E-state index in [1.165, 1.54) is 12.1 Å². The molecule has 0 aromatic heterocycles. The molecule has 0 aliphatic heterocycles. The lowest BCUT2D eigenvalue weighted by Gasteiger charge is -2.27. The monoisotopic (exact) mass is 496 g/mol. The zero-order chi connectivity index (χ0) is 25.7. The Balaban J connectivity index is 1.42. The predicted octanol–water partition coefficient (Wildman–Crippen LogP) is 8.94. The highest BCUT2D eigenvalue weighted by atomic mass is 19.2. The first-order valence-electron chi connectivity index (χ1n) is 12.7. The van der Waals surface area contributed by atoms with Crippen LogP contribution in [0.2, 0.25) is 0 Å². The van der Waals surface area contributed by atoms with Crippen LogP contribution >= 0.6 is 0 Å². The summed E-state index contributed by atoms with van der Waals surface area (Å²) in [5.41, 5.74) is 2.43. The van der Waals surface area contributed by atoms with Gasteiger partial charge < -0.3 is 4.74 Å². The van der Waals surface area contributed by atoms with Gasteiger partial charge in [-0.3, -0.25) is 0 Å². The number of hydrogen-bond donors (Lipinski definition) is 0. The Hall–Kier alpha value is -3.08. The second-order valence-electron chi connectivity index (χ2n) is 9.76. The van der Waals surface area contributed by atoms with Crippen LogP contribution in [0.3, 0.4) is 0 Å². The molecule has 4 rings (SSSR count). The molecule has 3 aromatic rings. The lowest BCUT2D eigenvalue weighted by Crippen LogP contribution is -2.13.